The highest BCUT2D eigenvalue weighted by molar-refractivity contribution is 7.98. The number of hydrogen-bond donors (Lipinski definition) is 2. The van der Waals surface area contributed by atoms with E-state index in [0.717, 1.165) is 0 Å². The number of sulfonamides is 1. The molecular formula is C23H23FN2O3S2. The summed E-state index contributed by atoms with van der Waals surface area (Å²) in [5, 5.41) is 2.78. The predicted octanol–water partition coefficient (Wildman–Crippen LogP) is 4.60. The van der Waals surface area contributed by atoms with Crippen LogP contribution in [0.15, 0.2) is 77.7 Å². The van der Waals surface area contributed by atoms with Crippen LogP contribution in [0.25, 0.3) is 0 Å². The zero-order chi connectivity index (χ0) is 22.3. The SMILES string of the molecule is Cc1ccc(C(=O)NCCSCc2ccccc2F)cc1S(=O)(=O)Nc1ccccc1. The molecule has 8 heteroatoms. The summed E-state index contributed by atoms with van der Waals surface area (Å²) in [6, 6.07) is 19.8. The van der Waals surface area contributed by atoms with E-state index in [0.29, 0.717) is 34.9 Å². The number of nitrogens with one attached hydrogen (secondary N) is 2. The van der Waals surface area contributed by atoms with Crippen molar-refractivity contribution < 1.29 is 17.6 Å². The molecule has 0 aromatic heterocycles. The highest BCUT2D eigenvalue weighted by atomic mass is 32.2. The van der Waals surface area contributed by atoms with E-state index in [1.165, 1.54) is 23.9 Å². The second-order valence-electron chi connectivity index (χ2n) is 6.85. The molecule has 0 radical (unpaired) electrons. The van der Waals surface area contributed by atoms with Crippen molar-refractivity contribution in [1.29, 1.82) is 0 Å². The lowest BCUT2D eigenvalue weighted by Gasteiger charge is -2.12. The molecule has 1 amide bonds. The Balaban J connectivity index is 1.58. The van der Waals surface area contributed by atoms with E-state index in [9.17, 15) is 17.6 Å². The van der Waals surface area contributed by atoms with Crippen LogP contribution in [-0.4, -0.2) is 26.6 Å². The Bertz CT molecular complexity index is 1150. The third-order valence-electron chi connectivity index (χ3n) is 4.51. The molecule has 2 N–H and O–H groups in total. The van der Waals surface area contributed by atoms with E-state index in [-0.39, 0.29) is 22.2 Å². The fourth-order valence-corrected chi connectivity index (χ4v) is 5.06. The number of hydrogen-bond acceptors (Lipinski definition) is 4. The van der Waals surface area contributed by atoms with Gasteiger partial charge in [0, 0.05) is 29.3 Å². The van der Waals surface area contributed by atoms with Crippen molar-refractivity contribution in [2.45, 2.75) is 17.6 Å². The van der Waals surface area contributed by atoms with Gasteiger partial charge in [-0.3, -0.25) is 9.52 Å². The van der Waals surface area contributed by atoms with Crippen molar-refractivity contribution in [3.8, 4) is 0 Å². The van der Waals surface area contributed by atoms with Crippen LogP contribution in [0.2, 0.25) is 0 Å². The van der Waals surface area contributed by atoms with Crippen molar-refractivity contribution in [3.05, 3.63) is 95.3 Å². The molecule has 0 saturated carbocycles. The summed E-state index contributed by atoms with van der Waals surface area (Å²) in [6.45, 7) is 2.07. The molecule has 0 heterocycles. The van der Waals surface area contributed by atoms with Gasteiger partial charge in [0.1, 0.15) is 5.82 Å². The van der Waals surface area contributed by atoms with Gasteiger partial charge < -0.3 is 5.32 Å². The van der Waals surface area contributed by atoms with Crippen molar-refractivity contribution in [2.24, 2.45) is 0 Å². The van der Waals surface area contributed by atoms with Gasteiger partial charge in [-0.1, -0.05) is 42.5 Å². The molecular weight excluding hydrogens is 435 g/mol. The first-order valence-electron chi connectivity index (χ1n) is 9.65. The number of carbonyl (C=O) groups excluding carboxylic acids is 1. The summed E-state index contributed by atoms with van der Waals surface area (Å²) >= 11 is 1.51. The smallest absolute Gasteiger partial charge is 0.262 e. The molecule has 0 aliphatic heterocycles. The number of rotatable bonds is 9. The number of carbonyl (C=O) groups is 1. The lowest BCUT2D eigenvalue weighted by atomic mass is 10.1. The molecule has 0 spiro atoms. The van der Waals surface area contributed by atoms with Gasteiger partial charge in [-0.15, -0.1) is 0 Å². The summed E-state index contributed by atoms with van der Waals surface area (Å²) < 4.78 is 41.7. The summed E-state index contributed by atoms with van der Waals surface area (Å²) in [4.78, 5) is 12.5. The third-order valence-corrected chi connectivity index (χ3v) is 7.04. The largest absolute Gasteiger partial charge is 0.351 e. The normalized spacial score (nSPS) is 11.2. The molecule has 5 nitrogen and oxygen atoms in total. The maximum atomic E-state index is 13.6. The molecule has 0 aliphatic carbocycles. The van der Waals surface area contributed by atoms with Gasteiger partial charge in [-0.25, -0.2) is 12.8 Å². The molecule has 0 fully saturated rings. The summed E-state index contributed by atoms with van der Waals surface area (Å²) in [5.74, 6) is 0.520. The van der Waals surface area contributed by atoms with Crippen molar-refractivity contribution in [3.63, 3.8) is 0 Å². The number of halogens is 1. The van der Waals surface area contributed by atoms with E-state index in [4.69, 9.17) is 0 Å². The second-order valence-corrected chi connectivity index (χ2v) is 9.61. The lowest BCUT2D eigenvalue weighted by Crippen LogP contribution is -2.26. The first-order chi connectivity index (χ1) is 14.9. The molecule has 3 rings (SSSR count). The molecule has 0 saturated heterocycles. The van der Waals surface area contributed by atoms with Gasteiger partial charge >= 0.3 is 0 Å². The zero-order valence-electron chi connectivity index (χ0n) is 17.0. The standard InChI is InChI=1S/C23H23FN2O3S2/c1-17-11-12-18(15-22(17)31(28,29)26-20-8-3-2-4-9-20)23(27)25-13-14-30-16-19-7-5-6-10-21(19)24/h2-12,15,26H,13-14,16H2,1H3,(H,25,27). The molecule has 3 aromatic rings. The first kappa shape index (κ1) is 22.8. The van der Waals surface area contributed by atoms with E-state index < -0.39 is 10.0 Å². The van der Waals surface area contributed by atoms with Crippen molar-refractivity contribution in [1.82, 2.24) is 5.32 Å². The van der Waals surface area contributed by atoms with Gasteiger partial charge in [0.2, 0.25) is 0 Å². The van der Waals surface area contributed by atoms with Crippen LogP contribution in [0, 0.1) is 12.7 Å². The maximum absolute atomic E-state index is 13.6. The first-order valence-corrected chi connectivity index (χ1v) is 12.3. The fourth-order valence-electron chi connectivity index (χ4n) is 2.88. The molecule has 3 aromatic carbocycles. The van der Waals surface area contributed by atoms with E-state index in [1.54, 1.807) is 67.6 Å². The lowest BCUT2D eigenvalue weighted by molar-refractivity contribution is 0.0956. The Morgan fingerprint density at radius 3 is 2.45 bits per heavy atom. The number of para-hydroxylation sites is 1. The molecule has 0 unspecified atom stereocenters. The van der Waals surface area contributed by atoms with Crippen molar-refractivity contribution >= 4 is 33.4 Å². The highest BCUT2D eigenvalue weighted by Gasteiger charge is 2.19. The van der Waals surface area contributed by atoms with Crippen LogP contribution in [-0.2, 0) is 15.8 Å². The number of thioether (sulfide) groups is 1. The number of amides is 1. The summed E-state index contributed by atoms with van der Waals surface area (Å²) in [7, 11) is -3.83. The van der Waals surface area contributed by atoms with E-state index in [1.807, 2.05) is 0 Å². The Labute approximate surface area is 186 Å². The van der Waals surface area contributed by atoms with Crippen LogP contribution in [0.3, 0.4) is 0 Å². The molecule has 162 valence electrons. The van der Waals surface area contributed by atoms with Crippen LogP contribution in [0.5, 0.6) is 0 Å². The predicted molar refractivity (Wildman–Crippen MR) is 123 cm³/mol. The number of anilines is 1. The summed E-state index contributed by atoms with van der Waals surface area (Å²) in [5.41, 5.74) is 1.88. The van der Waals surface area contributed by atoms with Gasteiger partial charge in [-0.2, -0.15) is 11.8 Å². The fraction of sp³-hybridized carbons (Fsp3) is 0.174. The average molecular weight is 459 g/mol. The van der Waals surface area contributed by atoms with Gasteiger partial charge in [-0.05, 0) is 48.4 Å². The monoisotopic (exact) mass is 458 g/mol. The minimum Gasteiger partial charge on any atom is -0.351 e. The Morgan fingerprint density at radius 2 is 1.71 bits per heavy atom. The molecule has 0 bridgehead atoms. The summed E-state index contributed by atoms with van der Waals surface area (Å²) in [6.07, 6.45) is 0. The minimum atomic E-state index is -3.83. The Hall–Kier alpha value is -2.84. The van der Waals surface area contributed by atoms with Crippen molar-refractivity contribution in [2.75, 3.05) is 17.0 Å². The zero-order valence-corrected chi connectivity index (χ0v) is 18.6. The van der Waals surface area contributed by atoms with E-state index >= 15 is 0 Å². The third kappa shape index (κ3) is 6.32. The van der Waals surface area contributed by atoms with Crippen LogP contribution >= 0.6 is 11.8 Å². The topological polar surface area (TPSA) is 75.3 Å². The number of benzene rings is 3. The van der Waals surface area contributed by atoms with E-state index in [2.05, 4.69) is 10.0 Å². The molecule has 0 atom stereocenters. The Morgan fingerprint density at radius 1 is 1.00 bits per heavy atom. The second kappa shape index (κ2) is 10.5. The highest BCUT2D eigenvalue weighted by Crippen LogP contribution is 2.21. The van der Waals surface area contributed by atoms with Crippen LogP contribution in [0.1, 0.15) is 21.5 Å². The number of aryl methyl sites for hydroxylation is 1. The average Bonchev–Trinajstić information content (AvgIpc) is 2.75. The quantitative estimate of drug-likeness (QED) is 0.460. The van der Waals surface area contributed by atoms with Gasteiger partial charge in [0.25, 0.3) is 15.9 Å². The van der Waals surface area contributed by atoms with Crippen LogP contribution < -0.4 is 10.0 Å². The van der Waals surface area contributed by atoms with Gasteiger partial charge in [0.05, 0.1) is 4.90 Å². The van der Waals surface area contributed by atoms with Gasteiger partial charge in [0.15, 0.2) is 0 Å². The minimum absolute atomic E-state index is 0.0536. The van der Waals surface area contributed by atoms with Crippen LogP contribution in [0.4, 0.5) is 10.1 Å². The molecule has 0 aliphatic rings. The molecule has 31 heavy (non-hydrogen) atoms. The maximum Gasteiger partial charge on any atom is 0.262 e. The Kier molecular flexibility index (Phi) is 7.70.